The summed E-state index contributed by atoms with van der Waals surface area (Å²) in [5.41, 5.74) is 1.22. The number of hydrogen-bond donors (Lipinski definition) is 2. The van der Waals surface area contributed by atoms with Gasteiger partial charge in [0.2, 0.25) is 5.91 Å². The molecule has 1 heterocycles. The van der Waals surface area contributed by atoms with E-state index in [9.17, 15) is 19.2 Å². The summed E-state index contributed by atoms with van der Waals surface area (Å²) in [5, 5.41) is 11.3. The van der Waals surface area contributed by atoms with Gasteiger partial charge < -0.3 is 20.1 Å². The SMILES string of the molecule is CNC(=O)CCC(C=O)N1Cc2c(SCC(=O)O)cccc2C1=O. The van der Waals surface area contributed by atoms with E-state index in [-0.39, 0.29) is 37.0 Å². The van der Waals surface area contributed by atoms with Crippen LogP contribution in [-0.2, 0) is 20.9 Å². The quantitative estimate of drug-likeness (QED) is 0.534. The molecule has 2 rings (SSSR count). The Bertz CT molecular complexity index is 676. The summed E-state index contributed by atoms with van der Waals surface area (Å²) in [6.07, 6.45) is 1.08. The summed E-state index contributed by atoms with van der Waals surface area (Å²) < 4.78 is 0. The summed E-state index contributed by atoms with van der Waals surface area (Å²) in [7, 11) is 1.51. The number of thioether (sulfide) groups is 1. The lowest BCUT2D eigenvalue weighted by Crippen LogP contribution is -2.37. The normalized spacial score (nSPS) is 14.2. The predicted octanol–water partition coefficient (Wildman–Crippen LogP) is 0.913. The minimum atomic E-state index is -0.935. The molecule has 0 radical (unpaired) electrons. The van der Waals surface area contributed by atoms with Crippen LogP contribution in [0.2, 0.25) is 0 Å². The smallest absolute Gasteiger partial charge is 0.313 e. The van der Waals surface area contributed by atoms with Crippen molar-refractivity contribution in [3.8, 4) is 0 Å². The lowest BCUT2D eigenvalue weighted by Gasteiger charge is -2.22. The molecule has 24 heavy (non-hydrogen) atoms. The first-order valence-electron chi connectivity index (χ1n) is 7.41. The Balaban J connectivity index is 2.16. The molecule has 1 aliphatic rings. The van der Waals surface area contributed by atoms with Crippen LogP contribution in [-0.4, -0.2) is 52.9 Å². The fourth-order valence-electron chi connectivity index (χ4n) is 2.57. The number of carboxylic acids is 1. The standard InChI is InChI=1S/C16H18N2O5S/c1-17-14(20)6-5-10(8-19)18-7-12-11(16(18)23)3-2-4-13(12)24-9-15(21)22/h2-4,8,10H,5-7,9H2,1H3,(H,17,20)(H,21,22). The lowest BCUT2D eigenvalue weighted by molar-refractivity contribution is -0.134. The Morgan fingerprint density at radius 3 is 2.83 bits per heavy atom. The Morgan fingerprint density at radius 1 is 1.46 bits per heavy atom. The molecule has 0 aromatic heterocycles. The molecule has 0 aliphatic carbocycles. The van der Waals surface area contributed by atoms with Gasteiger partial charge in [-0.3, -0.25) is 14.4 Å². The fourth-order valence-corrected chi connectivity index (χ4v) is 3.37. The van der Waals surface area contributed by atoms with Gasteiger partial charge in [0.15, 0.2) is 0 Å². The van der Waals surface area contributed by atoms with Crippen molar-refractivity contribution < 1.29 is 24.3 Å². The molecule has 0 saturated carbocycles. The van der Waals surface area contributed by atoms with Crippen LogP contribution in [0.15, 0.2) is 23.1 Å². The van der Waals surface area contributed by atoms with E-state index in [2.05, 4.69) is 5.32 Å². The van der Waals surface area contributed by atoms with Crippen molar-refractivity contribution in [2.75, 3.05) is 12.8 Å². The van der Waals surface area contributed by atoms with Crippen molar-refractivity contribution in [2.45, 2.75) is 30.3 Å². The number of benzene rings is 1. The molecule has 128 valence electrons. The van der Waals surface area contributed by atoms with Gasteiger partial charge in [0.25, 0.3) is 5.91 Å². The maximum atomic E-state index is 12.5. The number of carbonyl (C=O) groups is 4. The number of nitrogens with one attached hydrogen (secondary N) is 1. The molecule has 1 atom stereocenters. The number of fused-ring (bicyclic) bond motifs is 1. The van der Waals surface area contributed by atoms with Gasteiger partial charge in [-0.15, -0.1) is 11.8 Å². The second-order valence-electron chi connectivity index (χ2n) is 5.31. The number of aliphatic carboxylic acids is 1. The summed E-state index contributed by atoms with van der Waals surface area (Å²) in [6.45, 7) is 0.244. The second kappa shape index (κ2) is 7.96. The third kappa shape index (κ3) is 3.94. The van der Waals surface area contributed by atoms with Crippen LogP contribution in [0.5, 0.6) is 0 Å². The molecular weight excluding hydrogens is 332 g/mol. The van der Waals surface area contributed by atoms with Crippen LogP contribution in [0, 0.1) is 0 Å². The van der Waals surface area contributed by atoms with Gasteiger partial charge in [0.05, 0.1) is 11.8 Å². The number of hydrogen-bond acceptors (Lipinski definition) is 5. The number of nitrogens with zero attached hydrogens (tertiary/aromatic N) is 1. The number of rotatable bonds is 8. The molecular formula is C16H18N2O5S. The van der Waals surface area contributed by atoms with E-state index in [4.69, 9.17) is 5.11 Å². The molecule has 1 aliphatic heterocycles. The van der Waals surface area contributed by atoms with Crippen molar-refractivity contribution in [3.63, 3.8) is 0 Å². The summed E-state index contributed by atoms with van der Waals surface area (Å²) in [5.74, 6) is -1.49. The van der Waals surface area contributed by atoms with Crippen molar-refractivity contribution >= 4 is 35.8 Å². The van der Waals surface area contributed by atoms with E-state index >= 15 is 0 Å². The Labute approximate surface area is 143 Å². The van der Waals surface area contributed by atoms with Crippen LogP contribution in [0.1, 0.15) is 28.8 Å². The highest BCUT2D eigenvalue weighted by Gasteiger charge is 2.34. The first kappa shape index (κ1) is 18.0. The molecule has 0 saturated heterocycles. The van der Waals surface area contributed by atoms with Crippen LogP contribution < -0.4 is 5.32 Å². The minimum absolute atomic E-state index is 0.0988. The van der Waals surface area contributed by atoms with Gasteiger partial charge in [0, 0.05) is 30.5 Å². The number of carbonyl (C=O) groups excluding carboxylic acids is 3. The summed E-state index contributed by atoms with van der Waals surface area (Å²) in [6, 6.07) is 4.46. The third-order valence-corrected chi connectivity index (χ3v) is 4.89. The molecule has 1 aromatic rings. The van der Waals surface area contributed by atoms with Crippen molar-refractivity contribution in [2.24, 2.45) is 0 Å². The molecule has 0 fully saturated rings. The van der Waals surface area contributed by atoms with Crippen LogP contribution in [0.3, 0.4) is 0 Å². The lowest BCUT2D eigenvalue weighted by atomic mass is 10.1. The zero-order chi connectivity index (χ0) is 17.7. The first-order valence-corrected chi connectivity index (χ1v) is 8.39. The van der Waals surface area contributed by atoms with E-state index in [1.807, 2.05) is 0 Å². The molecule has 0 spiro atoms. The highest BCUT2D eigenvalue weighted by atomic mass is 32.2. The number of carboxylic acid groups (broad SMARTS) is 1. The maximum Gasteiger partial charge on any atom is 0.313 e. The maximum absolute atomic E-state index is 12.5. The molecule has 7 nitrogen and oxygen atoms in total. The number of aldehydes is 1. The van der Waals surface area contributed by atoms with Crippen LogP contribution >= 0.6 is 11.8 Å². The molecule has 2 amide bonds. The average Bonchev–Trinajstić information content (AvgIpc) is 2.91. The van der Waals surface area contributed by atoms with E-state index in [1.54, 1.807) is 18.2 Å². The monoisotopic (exact) mass is 350 g/mol. The average molecular weight is 350 g/mol. The van der Waals surface area contributed by atoms with Gasteiger partial charge in [-0.05, 0) is 24.1 Å². The largest absolute Gasteiger partial charge is 0.481 e. The predicted molar refractivity (Wildman–Crippen MR) is 87.8 cm³/mol. The third-order valence-electron chi connectivity index (χ3n) is 3.81. The Morgan fingerprint density at radius 2 is 2.21 bits per heavy atom. The van der Waals surface area contributed by atoms with Crippen molar-refractivity contribution in [1.29, 1.82) is 0 Å². The van der Waals surface area contributed by atoms with Crippen molar-refractivity contribution in [1.82, 2.24) is 10.2 Å². The molecule has 8 heteroatoms. The van der Waals surface area contributed by atoms with Crippen LogP contribution in [0.4, 0.5) is 0 Å². The van der Waals surface area contributed by atoms with Gasteiger partial charge >= 0.3 is 5.97 Å². The topological polar surface area (TPSA) is 104 Å². The number of amides is 2. The molecule has 1 aromatic carbocycles. The Kier molecular flexibility index (Phi) is 5.97. The van der Waals surface area contributed by atoms with Crippen molar-refractivity contribution in [3.05, 3.63) is 29.3 Å². The van der Waals surface area contributed by atoms with E-state index < -0.39 is 12.0 Å². The van der Waals surface area contributed by atoms with E-state index in [0.29, 0.717) is 11.8 Å². The Hall–Kier alpha value is -2.35. The fraction of sp³-hybridized carbons (Fsp3) is 0.375. The minimum Gasteiger partial charge on any atom is -0.481 e. The van der Waals surface area contributed by atoms with Gasteiger partial charge in [-0.25, -0.2) is 0 Å². The summed E-state index contributed by atoms with van der Waals surface area (Å²) >= 11 is 1.15. The highest BCUT2D eigenvalue weighted by molar-refractivity contribution is 8.00. The molecule has 0 bridgehead atoms. The van der Waals surface area contributed by atoms with E-state index in [0.717, 1.165) is 22.2 Å². The zero-order valence-corrected chi connectivity index (χ0v) is 14.0. The second-order valence-corrected chi connectivity index (χ2v) is 6.33. The summed E-state index contributed by atoms with van der Waals surface area (Å²) in [4.78, 5) is 48.2. The molecule has 2 N–H and O–H groups in total. The van der Waals surface area contributed by atoms with Gasteiger partial charge in [0.1, 0.15) is 6.29 Å². The first-order chi connectivity index (χ1) is 11.5. The highest BCUT2D eigenvalue weighted by Crippen LogP contribution is 2.33. The van der Waals surface area contributed by atoms with Gasteiger partial charge in [-0.1, -0.05) is 6.07 Å². The zero-order valence-electron chi connectivity index (χ0n) is 13.2. The van der Waals surface area contributed by atoms with Crippen LogP contribution in [0.25, 0.3) is 0 Å². The molecule has 1 unspecified atom stereocenters. The van der Waals surface area contributed by atoms with E-state index in [1.165, 1.54) is 11.9 Å². The van der Waals surface area contributed by atoms with Gasteiger partial charge in [-0.2, -0.15) is 0 Å².